The monoisotopic (exact) mass is 992 g/mol. The molecule has 1 amide bonds. The number of allylic oxidation sites excluding steroid dienone is 5. The Bertz CT molecular complexity index is 1420. The molecule has 0 radical (unpaired) electrons. The summed E-state index contributed by atoms with van der Waals surface area (Å²) >= 11 is 0. The maximum atomic E-state index is 12.0. The third-order valence-corrected chi connectivity index (χ3v) is 13.0. The van der Waals surface area contributed by atoms with Crippen LogP contribution in [-0.2, 0) is 33.2 Å². The minimum Gasteiger partial charge on any atom is -0.394 e. The molecule has 3 heterocycles. The van der Waals surface area contributed by atoms with Crippen molar-refractivity contribution in [2.24, 2.45) is 0 Å². The van der Waals surface area contributed by atoms with E-state index < -0.39 is 130 Å². The maximum absolute atomic E-state index is 12.0. The van der Waals surface area contributed by atoms with Gasteiger partial charge in [0.2, 0.25) is 5.91 Å². The third-order valence-electron chi connectivity index (χ3n) is 13.0. The molecule has 19 heteroatoms. The standard InChI is InChI=1S/C50H89NO18/c1-3-4-5-6-7-8-9-10-11-12-13-14-15-16-17-18-19-20-21-22-23-24-25-26-27-28-35(56)34(51-33(2)55)32-64-48-44(62)41(59)46(37(30-53)66-48)69-50-45(63)42(60)47(38(31-54)67-50)68-49-43(61)40(58)39(57)36(29-52)65-49/h19-20,23-24,27-28,34-50,52-54,56-63H,3-18,21-22,25-26,29-32H2,1-2H3,(H,51,55)/b20-19+,24-23+,28-27+. The quantitative estimate of drug-likeness (QED) is 0.0318. The van der Waals surface area contributed by atoms with E-state index in [2.05, 4.69) is 36.5 Å². The summed E-state index contributed by atoms with van der Waals surface area (Å²) in [6, 6.07) is -0.995. The van der Waals surface area contributed by atoms with Gasteiger partial charge in [0.05, 0.1) is 38.6 Å². The molecule has 12 N–H and O–H groups in total. The summed E-state index contributed by atoms with van der Waals surface area (Å²) in [6.07, 6.45) is 10.1. The second kappa shape index (κ2) is 35.2. The lowest BCUT2D eigenvalue weighted by atomic mass is 9.96. The van der Waals surface area contributed by atoms with E-state index in [0.29, 0.717) is 6.42 Å². The van der Waals surface area contributed by atoms with Crippen LogP contribution < -0.4 is 5.32 Å². The molecule has 0 spiro atoms. The van der Waals surface area contributed by atoms with Gasteiger partial charge in [-0.05, 0) is 38.5 Å². The molecule has 3 rings (SSSR count). The number of nitrogens with one attached hydrogen (secondary N) is 1. The second-order valence-electron chi connectivity index (χ2n) is 18.7. The van der Waals surface area contributed by atoms with E-state index in [1.54, 1.807) is 6.08 Å². The van der Waals surface area contributed by atoms with E-state index in [9.17, 15) is 61.0 Å². The predicted octanol–water partition coefficient (Wildman–Crippen LogP) is 1.81. The van der Waals surface area contributed by atoms with Crippen LogP contribution >= 0.6 is 0 Å². The van der Waals surface area contributed by atoms with Gasteiger partial charge in [-0.25, -0.2) is 0 Å². The van der Waals surface area contributed by atoms with E-state index in [4.69, 9.17) is 28.4 Å². The first-order valence-electron chi connectivity index (χ1n) is 25.7. The highest BCUT2D eigenvalue weighted by molar-refractivity contribution is 5.73. The second-order valence-corrected chi connectivity index (χ2v) is 18.7. The van der Waals surface area contributed by atoms with Gasteiger partial charge in [0, 0.05) is 6.92 Å². The van der Waals surface area contributed by atoms with Gasteiger partial charge in [-0.2, -0.15) is 0 Å². The number of hydrogen-bond acceptors (Lipinski definition) is 18. The molecule has 3 aliphatic heterocycles. The molecule has 17 atom stereocenters. The summed E-state index contributed by atoms with van der Waals surface area (Å²) in [5.74, 6) is -0.468. The van der Waals surface area contributed by atoms with Crippen LogP contribution in [0.4, 0.5) is 0 Å². The van der Waals surface area contributed by atoms with E-state index in [1.807, 2.05) is 0 Å². The Balaban J connectivity index is 1.35. The summed E-state index contributed by atoms with van der Waals surface area (Å²) in [4.78, 5) is 12.0. The molecule has 19 nitrogen and oxygen atoms in total. The van der Waals surface area contributed by atoms with Gasteiger partial charge in [-0.1, -0.05) is 133 Å². The fourth-order valence-electron chi connectivity index (χ4n) is 8.73. The highest BCUT2D eigenvalue weighted by Crippen LogP contribution is 2.33. The SMILES string of the molecule is CCCCCCCCCCCCCCCCC/C=C/CC/C=C/CC/C=C/C(O)C(COC1OC(CO)C(OC2OC(CO)C(OC3OC(CO)C(O)C(O)C3O)C(O)C2O)C(O)C1O)NC(C)=O. The number of amides is 1. The van der Waals surface area contributed by atoms with Gasteiger partial charge >= 0.3 is 0 Å². The van der Waals surface area contributed by atoms with Gasteiger partial charge in [-0.15, -0.1) is 0 Å². The Morgan fingerprint density at radius 3 is 1.36 bits per heavy atom. The zero-order chi connectivity index (χ0) is 50.6. The Kier molecular flexibility index (Phi) is 31.3. The molecule has 3 saturated heterocycles. The van der Waals surface area contributed by atoms with Crippen LogP contribution in [0, 0.1) is 0 Å². The topological polar surface area (TPSA) is 307 Å². The molecule has 0 aromatic carbocycles. The Labute approximate surface area is 409 Å². The predicted molar refractivity (Wildman–Crippen MR) is 254 cm³/mol. The average Bonchev–Trinajstić information content (AvgIpc) is 3.34. The highest BCUT2D eigenvalue weighted by atomic mass is 16.8. The first-order chi connectivity index (χ1) is 33.3. The zero-order valence-electron chi connectivity index (χ0n) is 41.0. The molecule has 3 aliphatic rings. The summed E-state index contributed by atoms with van der Waals surface area (Å²) in [6.45, 7) is 0.703. The van der Waals surface area contributed by atoms with Crippen molar-refractivity contribution in [1.82, 2.24) is 5.32 Å². The van der Waals surface area contributed by atoms with Crippen molar-refractivity contribution in [3.05, 3.63) is 36.5 Å². The van der Waals surface area contributed by atoms with Gasteiger partial charge in [-0.3, -0.25) is 4.79 Å². The number of carbonyl (C=O) groups is 1. The molecule has 0 aromatic rings. The van der Waals surface area contributed by atoms with Gasteiger partial charge < -0.3 is 89.9 Å². The lowest BCUT2D eigenvalue weighted by Crippen LogP contribution is -2.66. The van der Waals surface area contributed by atoms with Crippen molar-refractivity contribution in [2.75, 3.05) is 26.4 Å². The molecule has 0 aliphatic carbocycles. The summed E-state index contributed by atoms with van der Waals surface area (Å²) in [7, 11) is 0. The van der Waals surface area contributed by atoms with Crippen molar-refractivity contribution in [3.8, 4) is 0 Å². The van der Waals surface area contributed by atoms with Crippen molar-refractivity contribution < 1.29 is 89.4 Å². The van der Waals surface area contributed by atoms with E-state index in [1.165, 1.54) is 109 Å². The van der Waals surface area contributed by atoms with E-state index in [0.717, 1.165) is 25.7 Å². The number of aliphatic hydroxyl groups is 11. The number of rotatable bonds is 35. The first-order valence-corrected chi connectivity index (χ1v) is 25.7. The number of ether oxygens (including phenoxy) is 6. The molecule has 0 bridgehead atoms. The van der Waals surface area contributed by atoms with Crippen molar-refractivity contribution in [3.63, 3.8) is 0 Å². The van der Waals surface area contributed by atoms with Crippen LogP contribution in [0.15, 0.2) is 36.5 Å². The summed E-state index contributed by atoms with van der Waals surface area (Å²) in [5, 5.41) is 118. The molecule has 17 unspecified atom stereocenters. The van der Waals surface area contributed by atoms with Crippen LogP contribution in [0.1, 0.15) is 142 Å². The molecule has 0 saturated carbocycles. The van der Waals surface area contributed by atoms with Crippen molar-refractivity contribution >= 4 is 5.91 Å². The molecule has 69 heavy (non-hydrogen) atoms. The lowest BCUT2D eigenvalue weighted by Gasteiger charge is -2.48. The Morgan fingerprint density at radius 1 is 0.507 bits per heavy atom. The smallest absolute Gasteiger partial charge is 0.217 e. The fourth-order valence-corrected chi connectivity index (χ4v) is 8.73. The van der Waals surface area contributed by atoms with Crippen LogP contribution in [-0.4, -0.2) is 193 Å². The zero-order valence-corrected chi connectivity index (χ0v) is 41.0. The molecule has 0 aromatic heterocycles. The fraction of sp³-hybridized carbons (Fsp3) is 0.860. The number of aliphatic hydroxyl groups excluding tert-OH is 11. The number of hydrogen-bond donors (Lipinski definition) is 12. The average molecular weight is 992 g/mol. The lowest BCUT2D eigenvalue weighted by molar-refractivity contribution is -0.379. The summed E-state index contributed by atoms with van der Waals surface area (Å²) in [5.41, 5.74) is 0. The van der Waals surface area contributed by atoms with Crippen LogP contribution in [0.5, 0.6) is 0 Å². The Hall–Kier alpha value is -1.99. The van der Waals surface area contributed by atoms with E-state index in [-0.39, 0.29) is 6.61 Å². The van der Waals surface area contributed by atoms with Gasteiger partial charge in [0.1, 0.15) is 73.2 Å². The van der Waals surface area contributed by atoms with Crippen molar-refractivity contribution in [2.45, 2.75) is 247 Å². The normalized spacial score (nSPS) is 33.1. The molecular weight excluding hydrogens is 903 g/mol. The molecular formula is C50H89NO18. The molecule has 402 valence electrons. The third kappa shape index (κ3) is 21.6. The highest BCUT2D eigenvalue weighted by Gasteiger charge is 2.53. The van der Waals surface area contributed by atoms with Crippen LogP contribution in [0.25, 0.3) is 0 Å². The molecule has 3 fully saturated rings. The van der Waals surface area contributed by atoms with Gasteiger partial charge in [0.25, 0.3) is 0 Å². The largest absolute Gasteiger partial charge is 0.394 e. The van der Waals surface area contributed by atoms with Crippen LogP contribution in [0.2, 0.25) is 0 Å². The minimum absolute atomic E-state index is 0.388. The number of unbranched alkanes of at least 4 members (excludes halogenated alkanes) is 17. The van der Waals surface area contributed by atoms with Crippen LogP contribution in [0.3, 0.4) is 0 Å². The van der Waals surface area contributed by atoms with Gasteiger partial charge in [0.15, 0.2) is 18.9 Å². The van der Waals surface area contributed by atoms with E-state index >= 15 is 0 Å². The van der Waals surface area contributed by atoms with Crippen molar-refractivity contribution in [1.29, 1.82) is 0 Å². The maximum Gasteiger partial charge on any atom is 0.217 e. The summed E-state index contributed by atoms with van der Waals surface area (Å²) < 4.78 is 33.6. The Morgan fingerprint density at radius 2 is 0.899 bits per heavy atom. The number of carbonyl (C=O) groups excluding carboxylic acids is 1. The minimum atomic E-state index is -1.98. The first kappa shape index (κ1) is 61.3.